The first-order valence-corrected chi connectivity index (χ1v) is 5.05. The zero-order valence-electron chi connectivity index (χ0n) is 8.62. The van der Waals surface area contributed by atoms with Crippen LogP contribution in [0, 0.1) is 0 Å². The highest BCUT2D eigenvalue weighted by Crippen LogP contribution is 2.16. The lowest BCUT2D eigenvalue weighted by Gasteiger charge is -2.04. The molecule has 15 heavy (non-hydrogen) atoms. The maximum absolute atomic E-state index is 11.5. The van der Waals surface area contributed by atoms with Gasteiger partial charge in [-0.05, 0) is 24.6 Å². The molecule has 78 valence electrons. The van der Waals surface area contributed by atoms with Crippen LogP contribution < -0.4 is 10.2 Å². The summed E-state index contributed by atoms with van der Waals surface area (Å²) in [6.45, 7) is 2.73. The maximum Gasteiger partial charge on any atom is 0.189 e. The van der Waals surface area contributed by atoms with Gasteiger partial charge in [0, 0.05) is 23.2 Å². The summed E-state index contributed by atoms with van der Waals surface area (Å²) in [5.41, 5.74) is 0.858. The number of benzene rings is 1. The second-order valence-electron chi connectivity index (χ2n) is 3.40. The van der Waals surface area contributed by atoms with Gasteiger partial charge in [0.15, 0.2) is 5.43 Å². The largest absolute Gasteiger partial charge is 0.494 e. The van der Waals surface area contributed by atoms with Gasteiger partial charge in [0.25, 0.3) is 0 Å². The first kappa shape index (κ1) is 9.77. The number of pyridine rings is 1. The van der Waals surface area contributed by atoms with Gasteiger partial charge in [-0.1, -0.05) is 6.92 Å². The van der Waals surface area contributed by atoms with Crippen LogP contribution in [0.1, 0.15) is 13.3 Å². The molecule has 1 aromatic carbocycles. The van der Waals surface area contributed by atoms with Gasteiger partial charge >= 0.3 is 0 Å². The van der Waals surface area contributed by atoms with E-state index in [-0.39, 0.29) is 5.43 Å². The fraction of sp³-hybridized carbons (Fsp3) is 0.250. The number of nitrogens with one attached hydrogen (secondary N) is 1. The molecule has 0 atom stereocenters. The van der Waals surface area contributed by atoms with Gasteiger partial charge in [-0.2, -0.15) is 0 Å². The van der Waals surface area contributed by atoms with Crippen LogP contribution in [0.4, 0.5) is 0 Å². The van der Waals surface area contributed by atoms with Crippen LogP contribution in [-0.4, -0.2) is 11.6 Å². The molecular weight excluding hydrogens is 190 g/mol. The van der Waals surface area contributed by atoms with E-state index in [0.717, 1.165) is 17.7 Å². The summed E-state index contributed by atoms with van der Waals surface area (Å²) in [6.07, 6.45) is 2.61. The number of hydrogen-bond acceptors (Lipinski definition) is 2. The van der Waals surface area contributed by atoms with E-state index in [1.165, 1.54) is 6.07 Å². The molecule has 3 heteroatoms. The molecule has 0 radical (unpaired) electrons. The lowest BCUT2D eigenvalue weighted by molar-refractivity contribution is 0.318. The van der Waals surface area contributed by atoms with Crippen molar-refractivity contribution in [2.24, 2.45) is 0 Å². The molecule has 0 saturated heterocycles. The second kappa shape index (κ2) is 4.17. The number of rotatable bonds is 3. The molecule has 0 spiro atoms. The van der Waals surface area contributed by atoms with Crippen LogP contribution in [0.3, 0.4) is 0 Å². The van der Waals surface area contributed by atoms with Crippen molar-refractivity contribution in [3.63, 3.8) is 0 Å². The third-order valence-electron chi connectivity index (χ3n) is 2.20. The Morgan fingerprint density at radius 2 is 2.20 bits per heavy atom. The Morgan fingerprint density at radius 3 is 3.00 bits per heavy atom. The molecule has 1 N–H and O–H groups in total. The Hall–Kier alpha value is -1.77. The first-order valence-electron chi connectivity index (χ1n) is 5.05. The van der Waals surface area contributed by atoms with E-state index in [4.69, 9.17) is 4.74 Å². The van der Waals surface area contributed by atoms with Gasteiger partial charge in [0.05, 0.1) is 6.61 Å². The zero-order valence-corrected chi connectivity index (χ0v) is 8.62. The van der Waals surface area contributed by atoms with Gasteiger partial charge in [-0.25, -0.2) is 0 Å². The van der Waals surface area contributed by atoms with Crippen molar-refractivity contribution < 1.29 is 4.74 Å². The van der Waals surface area contributed by atoms with Gasteiger partial charge in [0.1, 0.15) is 5.75 Å². The van der Waals surface area contributed by atoms with Crippen molar-refractivity contribution in [1.29, 1.82) is 0 Å². The number of ether oxygens (including phenoxy) is 1. The molecule has 0 fully saturated rings. The highest BCUT2D eigenvalue weighted by atomic mass is 16.5. The van der Waals surface area contributed by atoms with E-state index in [2.05, 4.69) is 4.98 Å². The monoisotopic (exact) mass is 203 g/mol. The maximum atomic E-state index is 11.5. The average molecular weight is 203 g/mol. The number of aromatic nitrogens is 1. The van der Waals surface area contributed by atoms with E-state index in [9.17, 15) is 4.79 Å². The molecule has 0 amide bonds. The summed E-state index contributed by atoms with van der Waals surface area (Å²) in [7, 11) is 0. The molecule has 2 rings (SSSR count). The molecule has 0 unspecified atom stereocenters. The first-order chi connectivity index (χ1) is 7.31. The number of fused-ring (bicyclic) bond motifs is 1. The Bertz CT molecular complexity index is 516. The topological polar surface area (TPSA) is 42.1 Å². The van der Waals surface area contributed by atoms with Gasteiger partial charge < -0.3 is 9.72 Å². The molecule has 0 aliphatic rings. The normalized spacial score (nSPS) is 10.5. The zero-order chi connectivity index (χ0) is 10.7. The van der Waals surface area contributed by atoms with Gasteiger partial charge in [-0.3, -0.25) is 4.79 Å². The molecule has 2 aromatic rings. The van der Waals surface area contributed by atoms with Crippen LogP contribution in [0.2, 0.25) is 0 Å². The van der Waals surface area contributed by atoms with Gasteiger partial charge in [0.2, 0.25) is 0 Å². The van der Waals surface area contributed by atoms with E-state index < -0.39 is 0 Å². The van der Waals surface area contributed by atoms with Crippen molar-refractivity contribution in [2.75, 3.05) is 6.61 Å². The van der Waals surface area contributed by atoms with Crippen molar-refractivity contribution in [3.8, 4) is 5.75 Å². The molecule has 0 saturated carbocycles. The molecule has 3 nitrogen and oxygen atoms in total. The predicted molar refractivity (Wildman–Crippen MR) is 60.4 cm³/mol. The number of aromatic amines is 1. The lowest BCUT2D eigenvalue weighted by atomic mass is 10.2. The van der Waals surface area contributed by atoms with Crippen LogP contribution in [0.25, 0.3) is 10.9 Å². The molecule has 0 bridgehead atoms. The standard InChI is InChI=1S/C12H13NO2/c1-2-7-15-9-3-4-11-10(8-9)12(14)5-6-13-11/h3-6,8H,2,7H2,1H3,(H,13,14). The lowest BCUT2D eigenvalue weighted by Crippen LogP contribution is -2.01. The van der Waals surface area contributed by atoms with Crippen LogP contribution in [-0.2, 0) is 0 Å². The summed E-state index contributed by atoms with van der Waals surface area (Å²) in [5.74, 6) is 0.751. The van der Waals surface area contributed by atoms with Crippen LogP contribution in [0.15, 0.2) is 35.3 Å². The minimum absolute atomic E-state index is 0.0192. The minimum atomic E-state index is 0.0192. The summed E-state index contributed by atoms with van der Waals surface area (Å²) in [5, 5.41) is 0.672. The summed E-state index contributed by atoms with van der Waals surface area (Å²) < 4.78 is 5.47. The van der Waals surface area contributed by atoms with E-state index in [0.29, 0.717) is 12.0 Å². The highest BCUT2D eigenvalue weighted by Gasteiger charge is 1.99. The van der Waals surface area contributed by atoms with Crippen molar-refractivity contribution in [1.82, 2.24) is 4.98 Å². The van der Waals surface area contributed by atoms with Crippen molar-refractivity contribution >= 4 is 10.9 Å². The summed E-state index contributed by atoms with van der Waals surface area (Å²) >= 11 is 0. The van der Waals surface area contributed by atoms with Crippen molar-refractivity contribution in [2.45, 2.75) is 13.3 Å². The van der Waals surface area contributed by atoms with Crippen molar-refractivity contribution in [3.05, 3.63) is 40.7 Å². The molecule has 1 aromatic heterocycles. The SMILES string of the molecule is CCCOc1ccc2[nH]ccc(=O)c2c1. The Morgan fingerprint density at radius 1 is 1.33 bits per heavy atom. The van der Waals surface area contributed by atoms with Crippen LogP contribution >= 0.6 is 0 Å². The van der Waals surface area contributed by atoms with E-state index in [1.807, 2.05) is 19.1 Å². The third-order valence-corrected chi connectivity index (χ3v) is 2.20. The molecule has 0 aliphatic carbocycles. The Kier molecular flexibility index (Phi) is 2.72. The fourth-order valence-electron chi connectivity index (χ4n) is 1.46. The molecule has 1 heterocycles. The fourth-order valence-corrected chi connectivity index (χ4v) is 1.46. The van der Waals surface area contributed by atoms with Gasteiger partial charge in [-0.15, -0.1) is 0 Å². The Labute approximate surface area is 87.7 Å². The Balaban J connectivity index is 2.45. The van der Waals surface area contributed by atoms with E-state index >= 15 is 0 Å². The highest BCUT2D eigenvalue weighted by molar-refractivity contribution is 5.79. The molecular formula is C12H13NO2. The third kappa shape index (κ3) is 2.01. The van der Waals surface area contributed by atoms with E-state index in [1.54, 1.807) is 12.3 Å². The van der Waals surface area contributed by atoms with Crippen LogP contribution in [0.5, 0.6) is 5.75 Å². The molecule has 0 aliphatic heterocycles. The summed E-state index contributed by atoms with van der Waals surface area (Å²) in [6, 6.07) is 7.03. The number of hydrogen-bond donors (Lipinski definition) is 1. The minimum Gasteiger partial charge on any atom is -0.494 e. The average Bonchev–Trinajstić information content (AvgIpc) is 2.27. The summed E-state index contributed by atoms with van der Waals surface area (Å²) in [4.78, 5) is 14.5. The smallest absolute Gasteiger partial charge is 0.189 e. The second-order valence-corrected chi connectivity index (χ2v) is 3.40. The quantitative estimate of drug-likeness (QED) is 0.831. The number of H-pyrrole nitrogens is 1. The predicted octanol–water partition coefficient (Wildman–Crippen LogP) is 2.32.